The molecule has 1 aromatic heterocycles. The van der Waals surface area contributed by atoms with Crippen LogP contribution in [0.5, 0.6) is 0 Å². The number of carbonyl (C=O) groups excluding carboxylic acids is 1. The smallest absolute Gasteiger partial charge is 0.271 e. The van der Waals surface area contributed by atoms with Crippen molar-refractivity contribution in [1.29, 1.82) is 0 Å². The first-order valence-corrected chi connectivity index (χ1v) is 7.41. The predicted molar refractivity (Wildman–Crippen MR) is 81.8 cm³/mol. The van der Waals surface area contributed by atoms with Crippen molar-refractivity contribution in [3.8, 4) is 0 Å². The second-order valence-corrected chi connectivity index (χ2v) is 5.83. The standard InChI is InChI=1S/C15H19N3OS/c1-9-4-5-10(2)12(6-9)11(3)17-15(19)13-8-20-14(7-16)18-13/h4-6,8,11H,7,16H2,1-3H3,(H,17,19). The van der Waals surface area contributed by atoms with E-state index < -0.39 is 0 Å². The molecule has 106 valence electrons. The maximum Gasteiger partial charge on any atom is 0.271 e. The third kappa shape index (κ3) is 3.23. The molecule has 2 rings (SSSR count). The van der Waals surface area contributed by atoms with E-state index >= 15 is 0 Å². The highest BCUT2D eigenvalue weighted by molar-refractivity contribution is 7.09. The van der Waals surface area contributed by atoms with E-state index in [2.05, 4.69) is 28.5 Å². The van der Waals surface area contributed by atoms with Gasteiger partial charge in [-0.2, -0.15) is 0 Å². The van der Waals surface area contributed by atoms with Gasteiger partial charge in [0.25, 0.3) is 5.91 Å². The average Bonchev–Trinajstić information content (AvgIpc) is 2.90. The van der Waals surface area contributed by atoms with Gasteiger partial charge in [0.1, 0.15) is 10.7 Å². The molecule has 3 N–H and O–H groups in total. The van der Waals surface area contributed by atoms with Crippen LogP contribution >= 0.6 is 11.3 Å². The van der Waals surface area contributed by atoms with E-state index in [4.69, 9.17) is 5.73 Å². The maximum absolute atomic E-state index is 12.1. The van der Waals surface area contributed by atoms with E-state index in [1.807, 2.05) is 20.8 Å². The summed E-state index contributed by atoms with van der Waals surface area (Å²) in [7, 11) is 0. The fourth-order valence-electron chi connectivity index (χ4n) is 2.08. The molecule has 5 heteroatoms. The highest BCUT2D eigenvalue weighted by Gasteiger charge is 2.15. The second-order valence-electron chi connectivity index (χ2n) is 4.89. The first kappa shape index (κ1) is 14.7. The summed E-state index contributed by atoms with van der Waals surface area (Å²) in [5.74, 6) is -0.158. The van der Waals surface area contributed by atoms with E-state index in [0.29, 0.717) is 12.2 Å². The molecule has 1 amide bonds. The zero-order valence-electron chi connectivity index (χ0n) is 11.9. The number of nitrogens with zero attached hydrogens (tertiary/aromatic N) is 1. The Morgan fingerprint density at radius 2 is 2.20 bits per heavy atom. The Balaban J connectivity index is 2.12. The van der Waals surface area contributed by atoms with Crippen LogP contribution in [0.2, 0.25) is 0 Å². The molecule has 0 aliphatic heterocycles. The molecule has 0 saturated carbocycles. The van der Waals surface area contributed by atoms with E-state index in [9.17, 15) is 4.79 Å². The molecule has 4 nitrogen and oxygen atoms in total. The molecule has 1 unspecified atom stereocenters. The number of hydrogen-bond acceptors (Lipinski definition) is 4. The van der Waals surface area contributed by atoms with Crippen molar-refractivity contribution in [2.45, 2.75) is 33.4 Å². The molecule has 0 bridgehead atoms. The lowest BCUT2D eigenvalue weighted by atomic mass is 10.00. The molecule has 0 spiro atoms. The molecule has 0 radical (unpaired) electrons. The number of rotatable bonds is 4. The first-order chi connectivity index (χ1) is 9.51. The quantitative estimate of drug-likeness (QED) is 0.909. The summed E-state index contributed by atoms with van der Waals surface area (Å²) < 4.78 is 0. The number of aryl methyl sites for hydroxylation is 2. The molecular weight excluding hydrogens is 270 g/mol. The Bertz CT molecular complexity index is 621. The van der Waals surface area contributed by atoms with Crippen LogP contribution in [-0.2, 0) is 6.54 Å². The summed E-state index contributed by atoms with van der Waals surface area (Å²) >= 11 is 1.41. The van der Waals surface area contributed by atoms with Gasteiger partial charge in [0.05, 0.1) is 6.04 Å². The minimum Gasteiger partial charge on any atom is -0.344 e. The Kier molecular flexibility index (Phi) is 4.52. The molecular formula is C15H19N3OS. The number of nitrogens with one attached hydrogen (secondary N) is 1. The maximum atomic E-state index is 12.1. The van der Waals surface area contributed by atoms with Crippen LogP contribution in [0.4, 0.5) is 0 Å². The third-order valence-corrected chi connectivity index (χ3v) is 4.08. The average molecular weight is 289 g/mol. The minimum absolute atomic E-state index is 0.0505. The topological polar surface area (TPSA) is 68.0 Å². The predicted octanol–water partition coefficient (Wildman–Crippen LogP) is 2.71. The van der Waals surface area contributed by atoms with Crippen LogP contribution in [0.25, 0.3) is 0 Å². The highest BCUT2D eigenvalue weighted by Crippen LogP contribution is 2.19. The van der Waals surface area contributed by atoms with Crippen LogP contribution in [0.1, 0.15) is 45.2 Å². The van der Waals surface area contributed by atoms with Gasteiger partial charge in [0, 0.05) is 11.9 Å². The fourth-order valence-corrected chi connectivity index (χ4v) is 2.74. The Labute approximate surface area is 123 Å². The lowest BCUT2D eigenvalue weighted by Crippen LogP contribution is -2.27. The van der Waals surface area contributed by atoms with Crippen LogP contribution in [0, 0.1) is 13.8 Å². The van der Waals surface area contributed by atoms with Crippen LogP contribution in [0.3, 0.4) is 0 Å². The minimum atomic E-state index is -0.158. The molecule has 20 heavy (non-hydrogen) atoms. The van der Waals surface area contributed by atoms with Gasteiger partial charge in [-0.05, 0) is 31.9 Å². The van der Waals surface area contributed by atoms with Crippen molar-refractivity contribution in [3.63, 3.8) is 0 Å². The van der Waals surface area contributed by atoms with Crippen LogP contribution in [0.15, 0.2) is 23.6 Å². The SMILES string of the molecule is Cc1ccc(C)c(C(C)NC(=O)c2csc(CN)n2)c1. The van der Waals surface area contributed by atoms with Gasteiger partial charge in [0.2, 0.25) is 0 Å². The molecule has 0 fully saturated rings. The molecule has 1 aromatic carbocycles. The van der Waals surface area contributed by atoms with E-state index in [1.165, 1.54) is 22.5 Å². The van der Waals surface area contributed by atoms with Crippen molar-refractivity contribution < 1.29 is 4.79 Å². The van der Waals surface area contributed by atoms with Gasteiger partial charge in [-0.15, -0.1) is 11.3 Å². The van der Waals surface area contributed by atoms with E-state index in [-0.39, 0.29) is 11.9 Å². The first-order valence-electron chi connectivity index (χ1n) is 6.53. The number of amides is 1. The number of aromatic nitrogens is 1. The normalized spacial score (nSPS) is 12.2. The molecule has 0 saturated heterocycles. The number of carbonyl (C=O) groups is 1. The Morgan fingerprint density at radius 1 is 1.45 bits per heavy atom. The Morgan fingerprint density at radius 3 is 2.85 bits per heavy atom. The number of hydrogen-bond donors (Lipinski definition) is 2. The number of benzene rings is 1. The van der Waals surface area contributed by atoms with Crippen molar-refractivity contribution >= 4 is 17.2 Å². The van der Waals surface area contributed by atoms with Crippen molar-refractivity contribution in [1.82, 2.24) is 10.3 Å². The zero-order chi connectivity index (χ0) is 14.7. The van der Waals surface area contributed by atoms with Gasteiger partial charge < -0.3 is 11.1 Å². The van der Waals surface area contributed by atoms with Crippen LogP contribution in [-0.4, -0.2) is 10.9 Å². The van der Waals surface area contributed by atoms with Gasteiger partial charge >= 0.3 is 0 Å². The van der Waals surface area contributed by atoms with Gasteiger partial charge in [-0.1, -0.05) is 23.8 Å². The summed E-state index contributed by atoms with van der Waals surface area (Å²) in [6.45, 7) is 6.44. The summed E-state index contributed by atoms with van der Waals surface area (Å²) in [6, 6.07) is 6.20. The molecule has 1 atom stereocenters. The van der Waals surface area contributed by atoms with Gasteiger partial charge in [0.15, 0.2) is 0 Å². The molecule has 0 aliphatic rings. The van der Waals surface area contributed by atoms with Crippen LogP contribution < -0.4 is 11.1 Å². The van der Waals surface area contributed by atoms with Gasteiger partial charge in [-0.3, -0.25) is 4.79 Å². The van der Waals surface area contributed by atoms with Gasteiger partial charge in [-0.25, -0.2) is 4.98 Å². The molecule has 0 aliphatic carbocycles. The molecule has 1 heterocycles. The Hall–Kier alpha value is -1.72. The number of nitrogens with two attached hydrogens (primary N) is 1. The summed E-state index contributed by atoms with van der Waals surface area (Å²) in [5.41, 5.74) is 9.43. The zero-order valence-corrected chi connectivity index (χ0v) is 12.8. The van der Waals surface area contributed by atoms with Crippen molar-refractivity contribution in [2.24, 2.45) is 5.73 Å². The largest absolute Gasteiger partial charge is 0.344 e. The summed E-state index contributed by atoms with van der Waals surface area (Å²) in [5, 5.41) is 5.50. The van der Waals surface area contributed by atoms with Crippen molar-refractivity contribution in [3.05, 3.63) is 51.0 Å². The van der Waals surface area contributed by atoms with Crippen molar-refractivity contribution in [2.75, 3.05) is 0 Å². The van der Waals surface area contributed by atoms with E-state index in [0.717, 1.165) is 10.6 Å². The molecule has 2 aromatic rings. The fraction of sp³-hybridized carbons (Fsp3) is 0.333. The highest BCUT2D eigenvalue weighted by atomic mass is 32.1. The van der Waals surface area contributed by atoms with E-state index in [1.54, 1.807) is 5.38 Å². The summed E-state index contributed by atoms with van der Waals surface area (Å²) in [6.07, 6.45) is 0. The summed E-state index contributed by atoms with van der Waals surface area (Å²) in [4.78, 5) is 16.3. The lowest BCUT2D eigenvalue weighted by Gasteiger charge is -2.16. The lowest BCUT2D eigenvalue weighted by molar-refractivity contribution is 0.0935. The third-order valence-electron chi connectivity index (χ3n) is 3.21. The number of thiazole rings is 1. The monoisotopic (exact) mass is 289 g/mol. The second kappa shape index (κ2) is 6.15.